The molecule has 0 saturated heterocycles. The van der Waals surface area contributed by atoms with Crippen molar-refractivity contribution in [2.45, 2.75) is 26.7 Å². The van der Waals surface area contributed by atoms with Crippen molar-refractivity contribution in [2.75, 3.05) is 5.32 Å². The molecule has 108 valence electrons. The Bertz CT molecular complexity index is 583. The molecule has 3 nitrogen and oxygen atoms in total. The minimum atomic E-state index is -0.773. The minimum absolute atomic E-state index is 0.225. The van der Waals surface area contributed by atoms with Crippen LogP contribution in [0, 0.1) is 18.3 Å². The number of aryl methyl sites for hydroxylation is 1. The number of thiocarbonyl (C=S) groups is 1. The summed E-state index contributed by atoms with van der Waals surface area (Å²) in [5, 5.41) is 3.64. The molecule has 0 aromatic heterocycles. The molecule has 0 unspecified atom stereocenters. The summed E-state index contributed by atoms with van der Waals surface area (Å²) in [7, 11) is 0. The van der Waals surface area contributed by atoms with Crippen molar-refractivity contribution in [3.8, 4) is 0 Å². The third-order valence-electron chi connectivity index (χ3n) is 3.82. The van der Waals surface area contributed by atoms with Crippen LogP contribution in [0.4, 0.5) is 5.69 Å². The zero-order valence-electron chi connectivity index (χ0n) is 11.3. The molecule has 1 aliphatic rings. The average Bonchev–Trinajstić information content (AvgIpc) is 2.34. The first-order valence-electron chi connectivity index (χ1n) is 6.34. The summed E-state index contributed by atoms with van der Waals surface area (Å²) in [4.78, 5) is 12.8. The van der Waals surface area contributed by atoms with E-state index in [1.165, 1.54) is 0 Å². The molecule has 1 saturated carbocycles. The summed E-state index contributed by atoms with van der Waals surface area (Å²) >= 11 is 17.4. The highest BCUT2D eigenvalue weighted by Crippen LogP contribution is 2.47. The second-order valence-corrected chi connectivity index (χ2v) is 6.69. The summed E-state index contributed by atoms with van der Waals surface area (Å²) in [6, 6.07) is 3.50. The van der Waals surface area contributed by atoms with Gasteiger partial charge in [-0.1, -0.05) is 48.4 Å². The predicted octanol–water partition coefficient (Wildman–Crippen LogP) is 3.94. The van der Waals surface area contributed by atoms with Gasteiger partial charge in [-0.3, -0.25) is 4.79 Å². The van der Waals surface area contributed by atoms with E-state index in [2.05, 4.69) is 12.2 Å². The molecule has 0 spiro atoms. The van der Waals surface area contributed by atoms with E-state index in [9.17, 15) is 4.79 Å². The van der Waals surface area contributed by atoms with Gasteiger partial charge in [-0.25, -0.2) is 0 Å². The monoisotopic (exact) mass is 330 g/mol. The van der Waals surface area contributed by atoms with Gasteiger partial charge in [-0.05, 0) is 37.3 Å². The lowest BCUT2D eigenvalue weighted by Gasteiger charge is -2.44. The van der Waals surface area contributed by atoms with Crippen LogP contribution in [0.1, 0.15) is 25.3 Å². The number of anilines is 1. The predicted molar refractivity (Wildman–Crippen MR) is 87.4 cm³/mol. The van der Waals surface area contributed by atoms with Gasteiger partial charge in [0.1, 0.15) is 0 Å². The molecule has 0 bridgehead atoms. The van der Waals surface area contributed by atoms with Gasteiger partial charge in [-0.15, -0.1) is 0 Å². The first kappa shape index (κ1) is 15.5. The lowest BCUT2D eigenvalue weighted by molar-refractivity contribution is -0.127. The molecule has 1 aromatic carbocycles. The van der Waals surface area contributed by atoms with E-state index in [0.29, 0.717) is 34.5 Å². The summed E-state index contributed by atoms with van der Waals surface area (Å²) in [6.07, 6.45) is 1.32. The first-order chi connectivity index (χ1) is 9.28. The fraction of sp³-hybridized carbons (Fsp3) is 0.429. The number of carbonyl (C=O) groups excluding carboxylic acids is 1. The molecule has 6 heteroatoms. The second kappa shape index (κ2) is 5.51. The zero-order chi connectivity index (χ0) is 15.1. The molecule has 0 atom stereocenters. The van der Waals surface area contributed by atoms with Gasteiger partial charge in [0, 0.05) is 0 Å². The van der Waals surface area contributed by atoms with Crippen LogP contribution in [0.15, 0.2) is 12.1 Å². The van der Waals surface area contributed by atoms with Crippen molar-refractivity contribution in [3.63, 3.8) is 0 Å². The third kappa shape index (κ3) is 2.52. The smallest absolute Gasteiger partial charge is 0.237 e. The van der Waals surface area contributed by atoms with E-state index in [1.54, 1.807) is 12.1 Å². The van der Waals surface area contributed by atoms with Crippen molar-refractivity contribution in [1.82, 2.24) is 0 Å². The molecule has 1 aromatic rings. The Hall–Kier alpha value is -0.840. The highest BCUT2D eigenvalue weighted by Gasteiger charge is 2.51. The van der Waals surface area contributed by atoms with Crippen LogP contribution in [0.25, 0.3) is 0 Å². The first-order valence-corrected chi connectivity index (χ1v) is 7.50. The Morgan fingerprint density at radius 1 is 1.45 bits per heavy atom. The van der Waals surface area contributed by atoms with Crippen LogP contribution in [0.3, 0.4) is 0 Å². The van der Waals surface area contributed by atoms with Crippen molar-refractivity contribution in [3.05, 3.63) is 27.7 Å². The van der Waals surface area contributed by atoms with Gasteiger partial charge < -0.3 is 11.1 Å². The van der Waals surface area contributed by atoms with Gasteiger partial charge in [0.25, 0.3) is 0 Å². The molecule has 20 heavy (non-hydrogen) atoms. The summed E-state index contributed by atoms with van der Waals surface area (Å²) < 4.78 is 0. The molecular formula is C14H16Cl2N2OS. The van der Waals surface area contributed by atoms with Crippen molar-refractivity contribution >= 4 is 52.0 Å². The average molecular weight is 331 g/mol. The number of amides is 1. The lowest BCUT2D eigenvalue weighted by atomic mass is 9.62. The molecule has 3 N–H and O–H groups in total. The third-order valence-corrected chi connectivity index (χ3v) is 5.02. The molecule has 2 rings (SSSR count). The van der Waals surface area contributed by atoms with Crippen molar-refractivity contribution in [2.24, 2.45) is 17.1 Å². The largest absolute Gasteiger partial charge is 0.392 e. The topological polar surface area (TPSA) is 55.1 Å². The lowest BCUT2D eigenvalue weighted by Crippen LogP contribution is -2.53. The Balaban J connectivity index is 2.29. The Kier molecular flexibility index (Phi) is 4.28. The number of nitrogens with one attached hydrogen (secondary N) is 1. The number of rotatable bonds is 3. The maximum absolute atomic E-state index is 12.5. The molecule has 0 heterocycles. The van der Waals surface area contributed by atoms with Gasteiger partial charge in [0.15, 0.2) is 0 Å². The number of hydrogen-bond donors (Lipinski definition) is 2. The minimum Gasteiger partial charge on any atom is -0.392 e. The van der Waals surface area contributed by atoms with Gasteiger partial charge in [0.2, 0.25) is 5.91 Å². The summed E-state index contributed by atoms with van der Waals surface area (Å²) in [5.41, 5.74) is 6.26. The fourth-order valence-corrected chi connectivity index (χ4v) is 3.36. The normalized spacial score (nSPS) is 24.9. The number of hydrogen-bond acceptors (Lipinski definition) is 2. The van der Waals surface area contributed by atoms with Crippen LogP contribution in [-0.2, 0) is 4.79 Å². The number of nitrogens with two attached hydrogens (primary N) is 1. The number of carbonyl (C=O) groups is 1. The van der Waals surface area contributed by atoms with E-state index in [-0.39, 0.29) is 10.9 Å². The van der Waals surface area contributed by atoms with E-state index >= 15 is 0 Å². The SMILES string of the molecule is Cc1ccc(Cl)c(NC(=O)C2(C(N)=S)CC(C)C2)c1Cl. The van der Waals surface area contributed by atoms with E-state index in [1.807, 2.05) is 6.92 Å². The maximum atomic E-state index is 12.5. The highest BCUT2D eigenvalue weighted by molar-refractivity contribution is 7.80. The molecule has 1 amide bonds. The molecule has 1 aliphatic carbocycles. The van der Waals surface area contributed by atoms with Crippen LogP contribution in [0.2, 0.25) is 10.0 Å². The Morgan fingerprint density at radius 3 is 2.55 bits per heavy atom. The van der Waals surface area contributed by atoms with Crippen LogP contribution < -0.4 is 11.1 Å². The maximum Gasteiger partial charge on any atom is 0.237 e. The van der Waals surface area contributed by atoms with E-state index in [0.717, 1.165) is 5.56 Å². The Morgan fingerprint density at radius 2 is 2.05 bits per heavy atom. The van der Waals surface area contributed by atoms with E-state index in [4.69, 9.17) is 41.2 Å². The quantitative estimate of drug-likeness (QED) is 0.825. The van der Waals surface area contributed by atoms with Crippen LogP contribution in [0.5, 0.6) is 0 Å². The van der Waals surface area contributed by atoms with Crippen molar-refractivity contribution in [1.29, 1.82) is 0 Å². The van der Waals surface area contributed by atoms with Crippen LogP contribution >= 0.6 is 35.4 Å². The molecular weight excluding hydrogens is 315 g/mol. The summed E-state index contributed by atoms with van der Waals surface area (Å²) in [6.45, 7) is 3.92. The standard InChI is InChI=1S/C14H16Cl2N2OS/c1-7-5-14(6-7,12(17)20)13(19)18-11-9(15)4-3-8(2)10(11)16/h3-4,7H,5-6H2,1-2H3,(H2,17,20)(H,18,19). The molecule has 1 fully saturated rings. The molecule has 0 radical (unpaired) electrons. The van der Waals surface area contributed by atoms with Gasteiger partial charge in [-0.2, -0.15) is 0 Å². The highest BCUT2D eigenvalue weighted by atomic mass is 35.5. The van der Waals surface area contributed by atoms with E-state index < -0.39 is 5.41 Å². The number of benzene rings is 1. The second-order valence-electron chi connectivity index (χ2n) is 5.47. The van der Waals surface area contributed by atoms with Gasteiger partial charge in [0.05, 0.1) is 26.1 Å². The fourth-order valence-electron chi connectivity index (χ4n) is 2.63. The molecule has 0 aliphatic heterocycles. The number of halogens is 2. The van der Waals surface area contributed by atoms with Crippen molar-refractivity contribution < 1.29 is 4.79 Å². The van der Waals surface area contributed by atoms with Crippen LogP contribution in [-0.4, -0.2) is 10.9 Å². The summed E-state index contributed by atoms with van der Waals surface area (Å²) in [5.74, 6) is 0.211. The Labute approximate surface area is 133 Å². The zero-order valence-corrected chi connectivity index (χ0v) is 13.6. The van der Waals surface area contributed by atoms with Gasteiger partial charge >= 0.3 is 0 Å².